The third kappa shape index (κ3) is 3.35. The van der Waals surface area contributed by atoms with E-state index in [0.717, 1.165) is 6.42 Å². The smallest absolute Gasteiger partial charge is 0.243 e. The average molecular weight is 280 g/mol. The summed E-state index contributed by atoms with van der Waals surface area (Å²) in [5.41, 5.74) is 0. The molecule has 1 fully saturated rings. The minimum absolute atomic E-state index is 0.0225. The van der Waals surface area contributed by atoms with Crippen molar-refractivity contribution in [3.8, 4) is 0 Å². The van der Waals surface area contributed by atoms with E-state index < -0.39 is 0 Å². The summed E-state index contributed by atoms with van der Waals surface area (Å²) < 4.78 is 0. The highest BCUT2D eigenvalue weighted by atomic mass is 32.1. The number of piperazine rings is 1. The van der Waals surface area contributed by atoms with E-state index in [4.69, 9.17) is 0 Å². The topological polar surface area (TPSA) is 49.4 Å². The van der Waals surface area contributed by atoms with Crippen LogP contribution in [0.15, 0.2) is 17.5 Å². The van der Waals surface area contributed by atoms with Gasteiger partial charge in [-0.05, 0) is 23.8 Å². The first-order chi connectivity index (χ1) is 9.09. The maximum atomic E-state index is 12.3. The van der Waals surface area contributed by atoms with Crippen LogP contribution in [0.3, 0.4) is 0 Å². The highest BCUT2D eigenvalue weighted by molar-refractivity contribution is 7.09. The Morgan fingerprint density at radius 1 is 1.58 bits per heavy atom. The fourth-order valence-electron chi connectivity index (χ4n) is 2.46. The summed E-state index contributed by atoms with van der Waals surface area (Å²) in [6, 6.07) is 3.72. The van der Waals surface area contributed by atoms with Gasteiger partial charge in [-0.15, -0.1) is 11.3 Å². The number of carbonyl (C=O) groups is 2. The first-order valence-corrected chi connectivity index (χ1v) is 7.57. The Morgan fingerprint density at radius 3 is 3.00 bits per heavy atom. The first-order valence-electron chi connectivity index (χ1n) is 6.69. The highest BCUT2D eigenvalue weighted by Crippen LogP contribution is 2.17. The minimum Gasteiger partial charge on any atom is -0.353 e. The number of nitrogens with one attached hydrogen (secondary N) is 1. The zero-order valence-corrected chi connectivity index (χ0v) is 12.2. The van der Waals surface area contributed by atoms with Crippen LogP contribution in [0, 0.1) is 5.92 Å². The Kier molecular flexibility index (Phi) is 4.58. The molecule has 0 bridgehead atoms. The van der Waals surface area contributed by atoms with Crippen molar-refractivity contribution in [1.29, 1.82) is 0 Å². The fraction of sp³-hybridized carbons (Fsp3) is 0.571. The van der Waals surface area contributed by atoms with Crippen LogP contribution in [0.2, 0.25) is 0 Å². The number of hydrogen-bond donors (Lipinski definition) is 1. The van der Waals surface area contributed by atoms with Crippen LogP contribution in [-0.2, 0) is 16.0 Å². The number of carbonyl (C=O) groups excluding carboxylic acids is 2. The van der Waals surface area contributed by atoms with E-state index in [-0.39, 0.29) is 23.8 Å². The molecule has 2 rings (SSSR count). The maximum absolute atomic E-state index is 12.3. The van der Waals surface area contributed by atoms with Gasteiger partial charge in [0, 0.05) is 24.4 Å². The third-order valence-corrected chi connectivity index (χ3v) is 4.31. The Bertz CT molecular complexity index is 442. The lowest BCUT2D eigenvalue weighted by Gasteiger charge is -2.37. The van der Waals surface area contributed by atoms with E-state index in [2.05, 4.69) is 5.32 Å². The summed E-state index contributed by atoms with van der Waals surface area (Å²) in [5.74, 6) is 0.207. The molecule has 1 aromatic rings. The average Bonchev–Trinajstić information content (AvgIpc) is 2.88. The van der Waals surface area contributed by atoms with Gasteiger partial charge in [0.1, 0.15) is 6.04 Å². The van der Waals surface area contributed by atoms with E-state index in [9.17, 15) is 9.59 Å². The number of amides is 2. The summed E-state index contributed by atoms with van der Waals surface area (Å²) in [6.07, 6.45) is 1.25. The van der Waals surface area contributed by atoms with E-state index in [1.807, 2.05) is 31.4 Å². The monoisotopic (exact) mass is 280 g/mol. The summed E-state index contributed by atoms with van der Waals surface area (Å²) in [5, 5.41) is 4.86. The second kappa shape index (κ2) is 6.19. The van der Waals surface area contributed by atoms with Gasteiger partial charge in [0.2, 0.25) is 11.8 Å². The molecule has 1 N–H and O–H groups in total. The van der Waals surface area contributed by atoms with Gasteiger partial charge in [-0.1, -0.05) is 19.9 Å². The van der Waals surface area contributed by atoms with Gasteiger partial charge < -0.3 is 10.2 Å². The normalized spacial score (nSPS) is 19.6. The Morgan fingerprint density at radius 2 is 2.37 bits per heavy atom. The van der Waals surface area contributed by atoms with Crippen molar-refractivity contribution in [2.75, 3.05) is 13.1 Å². The number of aryl methyl sites for hydroxylation is 1. The van der Waals surface area contributed by atoms with Crippen LogP contribution < -0.4 is 5.32 Å². The predicted octanol–water partition coefficient (Wildman–Crippen LogP) is 1.66. The molecule has 5 heteroatoms. The SMILES string of the molecule is CC(C)C1C(=O)NCCN1C(=O)CCc1cccs1. The largest absolute Gasteiger partial charge is 0.353 e. The number of thiophene rings is 1. The Hall–Kier alpha value is -1.36. The van der Waals surface area contributed by atoms with E-state index >= 15 is 0 Å². The second-order valence-corrected chi connectivity index (χ2v) is 6.18. The van der Waals surface area contributed by atoms with Crippen LogP contribution >= 0.6 is 11.3 Å². The lowest BCUT2D eigenvalue weighted by atomic mass is 9.99. The van der Waals surface area contributed by atoms with Crippen molar-refractivity contribution in [1.82, 2.24) is 10.2 Å². The molecule has 1 saturated heterocycles. The maximum Gasteiger partial charge on any atom is 0.243 e. The molecule has 4 nitrogen and oxygen atoms in total. The van der Waals surface area contributed by atoms with E-state index in [0.29, 0.717) is 19.5 Å². The standard InChI is InChI=1S/C14H20N2O2S/c1-10(2)13-14(18)15-7-8-16(13)12(17)6-5-11-4-3-9-19-11/h3-4,9-10,13H,5-8H2,1-2H3,(H,15,18). The van der Waals surface area contributed by atoms with Gasteiger partial charge in [-0.25, -0.2) is 0 Å². The number of rotatable bonds is 4. The van der Waals surface area contributed by atoms with Gasteiger partial charge in [0.05, 0.1) is 0 Å². The van der Waals surface area contributed by atoms with Crippen LogP contribution in [0.4, 0.5) is 0 Å². The molecule has 1 aliphatic rings. The third-order valence-electron chi connectivity index (χ3n) is 3.37. The molecule has 104 valence electrons. The summed E-state index contributed by atoms with van der Waals surface area (Å²) in [4.78, 5) is 27.2. The van der Waals surface area contributed by atoms with Crippen molar-refractivity contribution >= 4 is 23.2 Å². The lowest BCUT2D eigenvalue weighted by molar-refractivity contribution is -0.145. The molecule has 0 aromatic carbocycles. The van der Waals surface area contributed by atoms with Gasteiger partial charge in [0.25, 0.3) is 0 Å². The van der Waals surface area contributed by atoms with Crippen molar-refractivity contribution in [2.45, 2.75) is 32.7 Å². The van der Waals surface area contributed by atoms with E-state index in [1.165, 1.54) is 4.88 Å². The lowest BCUT2D eigenvalue weighted by Crippen LogP contribution is -2.59. The predicted molar refractivity (Wildman–Crippen MR) is 76.0 cm³/mol. The molecule has 1 aromatic heterocycles. The summed E-state index contributed by atoms with van der Waals surface area (Å²) >= 11 is 1.67. The molecular weight excluding hydrogens is 260 g/mol. The van der Waals surface area contributed by atoms with Crippen molar-refractivity contribution in [3.05, 3.63) is 22.4 Å². The second-order valence-electron chi connectivity index (χ2n) is 5.15. The number of hydrogen-bond acceptors (Lipinski definition) is 3. The van der Waals surface area contributed by atoms with Crippen LogP contribution in [0.1, 0.15) is 25.1 Å². The van der Waals surface area contributed by atoms with E-state index in [1.54, 1.807) is 16.2 Å². The zero-order valence-electron chi connectivity index (χ0n) is 11.4. The molecule has 1 unspecified atom stereocenters. The van der Waals surface area contributed by atoms with Crippen molar-refractivity contribution in [2.24, 2.45) is 5.92 Å². The quantitative estimate of drug-likeness (QED) is 0.912. The van der Waals surface area contributed by atoms with Crippen molar-refractivity contribution < 1.29 is 9.59 Å². The zero-order chi connectivity index (χ0) is 13.8. The fourth-order valence-corrected chi connectivity index (χ4v) is 3.16. The molecule has 0 aliphatic carbocycles. The number of nitrogens with zero attached hydrogens (tertiary/aromatic N) is 1. The molecule has 2 heterocycles. The molecule has 1 atom stereocenters. The van der Waals surface area contributed by atoms with Crippen LogP contribution in [-0.4, -0.2) is 35.8 Å². The molecule has 1 aliphatic heterocycles. The van der Waals surface area contributed by atoms with Gasteiger partial charge in [-0.2, -0.15) is 0 Å². The minimum atomic E-state index is -0.315. The molecule has 2 amide bonds. The van der Waals surface area contributed by atoms with Crippen LogP contribution in [0.25, 0.3) is 0 Å². The van der Waals surface area contributed by atoms with Gasteiger partial charge >= 0.3 is 0 Å². The van der Waals surface area contributed by atoms with Gasteiger partial charge in [-0.3, -0.25) is 9.59 Å². The van der Waals surface area contributed by atoms with Crippen LogP contribution in [0.5, 0.6) is 0 Å². The Balaban J connectivity index is 1.97. The van der Waals surface area contributed by atoms with Gasteiger partial charge in [0.15, 0.2) is 0 Å². The van der Waals surface area contributed by atoms with Crippen molar-refractivity contribution in [3.63, 3.8) is 0 Å². The Labute approximate surface area is 117 Å². The first kappa shape index (κ1) is 14.1. The molecule has 0 spiro atoms. The summed E-state index contributed by atoms with van der Waals surface area (Å²) in [7, 11) is 0. The molecule has 19 heavy (non-hydrogen) atoms. The summed E-state index contributed by atoms with van der Waals surface area (Å²) in [6.45, 7) is 5.15. The molecule has 0 saturated carbocycles. The highest BCUT2D eigenvalue weighted by Gasteiger charge is 2.34. The molecule has 0 radical (unpaired) electrons. The molecular formula is C14H20N2O2S.